The number of alkyl halides is 3. The average molecular weight is 209 g/mol. The Morgan fingerprint density at radius 3 is 2.21 bits per heavy atom. The maximum atomic E-state index is 12.5. The van der Waals surface area contributed by atoms with Crippen molar-refractivity contribution in [1.29, 1.82) is 0 Å². The van der Waals surface area contributed by atoms with E-state index in [1.807, 2.05) is 0 Å². The quantitative estimate of drug-likeness (QED) is 0.386. The Labute approximate surface area is 76.2 Å². The summed E-state index contributed by atoms with van der Waals surface area (Å²) in [5.74, 6) is -1.41. The number of hydrogen-bond acceptors (Lipinski definition) is 3. The molecule has 0 bridgehead atoms. The predicted octanol–water partition coefficient (Wildman–Crippen LogP) is -0.0807. The van der Waals surface area contributed by atoms with Gasteiger partial charge in [-0.15, -0.1) is 0 Å². The molecule has 0 aliphatic carbocycles. The van der Waals surface area contributed by atoms with Gasteiger partial charge in [-0.2, -0.15) is 17.6 Å². The van der Waals surface area contributed by atoms with E-state index in [4.69, 9.17) is 10.0 Å². The molecule has 1 aromatic heterocycles. The van der Waals surface area contributed by atoms with Gasteiger partial charge >= 0.3 is 13.3 Å². The summed E-state index contributed by atoms with van der Waals surface area (Å²) >= 11 is 0. The van der Waals surface area contributed by atoms with Crippen LogP contribution in [-0.4, -0.2) is 22.2 Å². The largest absolute Gasteiger partial charge is 0.488 e. The van der Waals surface area contributed by atoms with E-state index in [9.17, 15) is 17.6 Å². The first-order valence-electron chi connectivity index (χ1n) is 3.41. The van der Waals surface area contributed by atoms with Crippen LogP contribution in [0.15, 0.2) is 12.1 Å². The van der Waals surface area contributed by atoms with Gasteiger partial charge in [0.25, 0.3) is 0 Å². The fourth-order valence-electron chi connectivity index (χ4n) is 0.811. The highest BCUT2D eigenvalue weighted by Crippen LogP contribution is 2.26. The molecule has 0 aromatic carbocycles. The van der Waals surface area contributed by atoms with Crippen LogP contribution >= 0.6 is 0 Å². The number of halogens is 4. The summed E-state index contributed by atoms with van der Waals surface area (Å²) < 4.78 is 48.5. The molecule has 0 saturated carbocycles. The fourth-order valence-corrected chi connectivity index (χ4v) is 0.811. The molecular formula is C6H4BF4NO2. The molecule has 0 aliphatic rings. The van der Waals surface area contributed by atoms with Crippen molar-refractivity contribution in [1.82, 2.24) is 4.98 Å². The molecule has 1 aromatic rings. The Bertz CT molecular complexity index is 341. The minimum Gasteiger partial charge on any atom is -0.423 e. The summed E-state index contributed by atoms with van der Waals surface area (Å²) in [5, 5.41) is 17.1. The van der Waals surface area contributed by atoms with E-state index in [1.165, 1.54) is 0 Å². The lowest BCUT2D eigenvalue weighted by Gasteiger charge is -2.07. The molecule has 1 heterocycles. The van der Waals surface area contributed by atoms with Crippen molar-refractivity contribution in [3.8, 4) is 0 Å². The van der Waals surface area contributed by atoms with Gasteiger partial charge in [-0.3, -0.25) is 0 Å². The van der Waals surface area contributed by atoms with Crippen molar-refractivity contribution >= 4 is 12.6 Å². The van der Waals surface area contributed by atoms with Crippen LogP contribution in [0.5, 0.6) is 0 Å². The minimum absolute atomic E-state index is 0.369. The molecule has 1 rings (SSSR count). The van der Waals surface area contributed by atoms with Crippen LogP contribution in [0, 0.1) is 5.95 Å². The average Bonchev–Trinajstić information content (AvgIpc) is 2.01. The van der Waals surface area contributed by atoms with Crippen molar-refractivity contribution in [2.75, 3.05) is 0 Å². The lowest BCUT2D eigenvalue weighted by atomic mass is 9.80. The first-order valence-corrected chi connectivity index (χ1v) is 3.41. The first kappa shape index (κ1) is 10.9. The standard InChI is InChI=1S/C6H4BF4NO2/c8-5-2-3(7(13)14)1-4(12-5)6(9,10)11/h1-2,13-14H. The molecule has 0 aliphatic heterocycles. The van der Waals surface area contributed by atoms with Gasteiger partial charge < -0.3 is 10.0 Å². The highest BCUT2D eigenvalue weighted by atomic mass is 19.4. The summed E-state index contributed by atoms with van der Waals surface area (Å²) in [4.78, 5) is 2.57. The third-order valence-electron chi connectivity index (χ3n) is 1.40. The first-order chi connectivity index (χ1) is 6.30. The lowest BCUT2D eigenvalue weighted by Crippen LogP contribution is -2.32. The molecule has 8 heteroatoms. The summed E-state index contributed by atoms with van der Waals surface area (Å²) in [5.41, 5.74) is -2.09. The van der Waals surface area contributed by atoms with E-state index >= 15 is 0 Å². The van der Waals surface area contributed by atoms with E-state index in [1.54, 1.807) is 0 Å². The van der Waals surface area contributed by atoms with Gasteiger partial charge in [0.2, 0.25) is 5.95 Å². The fraction of sp³-hybridized carbons (Fsp3) is 0.167. The third-order valence-corrected chi connectivity index (χ3v) is 1.40. The van der Waals surface area contributed by atoms with E-state index in [0.717, 1.165) is 0 Å². The van der Waals surface area contributed by atoms with Crippen LogP contribution in [0.2, 0.25) is 0 Å². The third kappa shape index (κ3) is 2.42. The number of hydrogen-bond donors (Lipinski definition) is 2. The van der Waals surface area contributed by atoms with Crippen molar-refractivity contribution in [3.05, 3.63) is 23.8 Å². The monoisotopic (exact) mass is 209 g/mol. The Balaban J connectivity index is 3.21. The van der Waals surface area contributed by atoms with Gasteiger partial charge in [0, 0.05) is 0 Å². The lowest BCUT2D eigenvalue weighted by molar-refractivity contribution is -0.141. The normalized spacial score (nSPS) is 11.6. The smallest absolute Gasteiger partial charge is 0.423 e. The zero-order chi connectivity index (χ0) is 10.9. The van der Waals surface area contributed by atoms with Gasteiger partial charge in [0.05, 0.1) is 0 Å². The van der Waals surface area contributed by atoms with Gasteiger partial charge in [-0.25, -0.2) is 4.98 Å². The highest BCUT2D eigenvalue weighted by Gasteiger charge is 2.34. The van der Waals surface area contributed by atoms with Crippen LogP contribution in [-0.2, 0) is 6.18 Å². The van der Waals surface area contributed by atoms with Crippen LogP contribution in [0.4, 0.5) is 17.6 Å². The molecule has 0 radical (unpaired) electrons. The summed E-state index contributed by atoms with van der Waals surface area (Å²) in [7, 11) is -2.16. The minimum atomic E-state index is -4.81. The molecule has 0 amide bonds. The number of aromatic nitrogens is 1. The Hall–Kier alpha value is -1.15. The second-order valence-corrected chi connectivity index (χ2v) is 2.48. The van der Waals surface area contributed by atoms with E-state index in [0.29, 0.717) is 12.1 Å². The molecule has 0 unspecified atom stereocenters. The molecule has 2 N–H and O–H groups in total. The zero-order valence-corrected chi connectivity index (χ0v) is 6.59. The van der Waals surface area contributed by atoms with E-state index in [-0.39, 0.29) is 0 Å². The van der Waals surface area contributed by atoms with E-state index < -0.39 is 30.4 Å². The van der Waals surface area contributed by atoms with Crippen molar-refractivity contribution < 1.29 is 27.6 Å². The summed E-state index contributed by atoms with van der Waals surface area (Å²) in [6, 6.07) is 0.883. The molecule has 0 atom stereocenters. The predicted molar refractivity (Wildman–Crippen MR) is 39.0 cm³/mol. The number of nitrogens with zero attached hydrogens (tertiary/aromatic N) is 1. The van der Waals surface area contributed by atoms with Gasteiger partial charge in [-0.1, -0.05) is 0 Å². The molecule has 0 fully saturated rings. The van der Waals surface area contributed by atoms with Crippen molar-refractivity contribution in [2.45, 2.75) is 6.18 Å². The Kier molecular flexibility index (Phi) is 2.77. The summed E-state index contributed by atoms with van der Waals surface area (Å²) in [6.07, 6.45) is -4.81. The maximum Gasteiger partial charge on any atom is 0.488 e. The molecular weight excluding hydrogens is 205 g/mol. The maximum absolute atomic E-state index is 12.5. The molecule has 3 nitrogen and oxygen atoms in total. The summed E-state index contributed by atoms with van der Waals surface area (Å²) in [6.45, 7) is 0. The van der Waals surface area contributed by atoms with E-state index in [2.05, 4.69) is 4.98 Å². The Morgan fingerprint density at radius 1 is 1.21 bits per heavy atom. The topological polar surface area (TPSA) is 53.4 Å². The van der Waals surface area contributed by atoms with Crippen LogP contribution < -0.4 is 5.46 Å². The van der Waals surface area contributed by atoms with Gasteiger partial charge in [0.1, 0.15) is 5.69 Å². The molecule has 0 spiro atoms. The van der Waals surface area contributed by atoms with Crippen LogP contribution in [0.1, 0.15) is 5.69 Å². The Morgan fingerprint density at radius 2 is 1.79 bits per heavy atom. The van der Waals surface area contributed by atoms with Gasteiger partial charge in [0.15, 0.2) is 0 Å². The van der Waals surface area contributed by atoms with Gasteiger partial charge in [-0.05, 0) is 17.6 Å². The van der Waals surface area contributed by atoms with Crippen LogP contribution in [0.25, 0.3) is 0 Å². The van der Waals surface area contributed by atoms with Crippen LogP contribution in [0.3, 0.4) is 0 Å². The zero-order valence-electron chi connectivity index (χ0n) is 6.59. The number of pyridine rings is 1. The molecule has 14 heavy (non-hydrogen) atoms. The number of rotatable bonds is 1. The van der Waals surface area contributed by atoms with Crippen molar-refractivity contribution in [2.24, 2.45) is 0 Å². The SMILES string of the molecule is OB(O)c1cc(F)nc(C(F)(F)F)c1. The van der Waals surface area contributed by atoms with Crippen molar-refractivity contribution in [3.63, 3.8) is 0 Å². The molecule has 0 saturated heterocycles. The second-order valence-electron chi connectivity index (χ2n) is 2.48. The molecule has 76 valence electrons. The second kappa shape index (κ2) is 3.54. The highest BCUT2D eigenvalue weighted by molar-refractivity contribution is 6.58.